The molecule has 0 aliphatic heterocycles. The number of anilines is 1. The Hall–Kier alpha value is -1.95. The summed E-state index contributed by atoms with van der Waals surface area (Å²) in [5.41, 5.74) is 5.18. The summed E-state index contributed by atoms with van der Waals surface area (Å²) in [7, 11) is 1.24. The molecule has 3 N–H and O–H groups in total. The molecule has 0 heterocycles. The number of hydrogen-bond acceptors (Lipinski definition) is 4. The molecule has 5 nitrogen and oxygen atoms in total. The van der Waals surface area contributed by atoms with Gasteiger partial charge in [-0.05, 0) is 31.0 Å². The molecule has 1 saturated carbocycles. The summed E-state index contributed by atoms with van der Waals surface area (Å²) >= 11 is 0. The number of ether oxygens (including phenoxy) is 1. The van der Waals surface area contributed by atoms with Crippen LogP contribution >= 0.6 is 0 Å². The van der Waals surface area contributed by atoms with Crippen LogP contribution in [0.25, 0.3) is 0 Å². The molecular weight excluding hydrogens is 263 g/mol. The van der Waals surface area contributed by atoms with Crippen molar-refractivity contribution < 1.29 is 18.7 Å². The van der Waals surface area contributed by atoms with Crippen LogP contribution in [0.1, 0.15) is 29.6 Å². The Bertz CT molecular complexity index is 536. The van der Waals surface area contributed by atoms with Crippen molar-refractivity contribution in [3.8, 4) is 0 Å². The molecule has 1 aromatic rings. The van der Waals surface area contributed by atoms with Gasteiger partial charge in [0.15, 0.2) is 0 Å². The van der Waals surface area contributed by atoms with Gasteiger partial charge in [0.05, 0.1) is 23.8 Å². The van der Waals surface area contributed by atoms with Crippen LogP contribution < -0.4 is 11.1 Å². The van der Waals surface area contributed by atoms with Crippen LogP contribution in [0.15, 0.2) is 18.2 Å². The Morgan fingerprint density at radius 1 is 1.45 bits per heavy atom. The van der Waals surface area contributed by atoms with Crippen LogP contribution in [0.3, 0.4) is 0 Å². The third kappa shape index (κ3) is 2.51. The van der Waals surface area contributed by atoms with E-state index < -0.39 is 17.2 Å². The van der Waals surface area contributed by atoms with E-state index in [1.807, 2.05) is 0 Å². The number of carbonyl (C=O) groups excluding carboxylic acids is 2. The molecule has 0 radical (unpaired) electrons. The maximum atomic E-state index is 13.7. The Labute approximate surface area is 116 Å². The number of nitrogens with two attached hydrogens (primary N) is 1. The zero-order valence-electron chi connectivity index (χ0n) is 11.2. The maximum Gasteiger partial charge on any atom is 0.337 e. The second-order valence-electron chi connectivity index (χ2n) is 4.98. The lowest BCUT2D eigenvalue weighted by Crippen LogP contribution is -2.47. The predicted octanol–water partition coefficient (Wildman–Crippen LogP) is 1.68. The molecule has 0 spiro atoms. The number of esters is 1. The molecule has 2 rings (SSSR count). The fourth-order valence-corrected chi connectivity index (χ4v) is 2.25. The predicted molar refractivity (Wildman–Crippen MR) is 71.7 cm³/mol. The van der Waals surface area contributed by atoms with E-state index in [1.54, 1.807) is 0 Å². The first-order chi connectivity index (χ1) is 9.52. The van der Waals surface area contributed by atoms with Gasteiger partial charge in [-0.25, -0.2) is 9.18 Å². The van der Waals surface area contributed by atoms with Gasteiger partial charge in [-0.15, -0.1) is 0 Å². The zero-order valence-corrected chi connectivity index (χ0v) is 11.2. The largest absolute Gasteiger partial charge is 0.465 e. The first-order valence-electron chi connectivity index (χ1n) is 6.42. The SMILES string of the molecule is COC(=O)c1ccc(F)c(NC(=O)C2(CN)CCC2)c1. The topological polar surface area (TPSA) is 81.4 Å². The summed E-state index contributed by atoms with van der Waals surface area (Å²) in [6.45, 7) is 0.233. The van der Waals surface area contributed by atoms with Gasteiger partial charge < -0.3 is 15.8 Å². The normalized spacial score (nSPS) is 16.1. The molecule has 20 heavy (non-hydrogen) atoms. The van der Waals surface area contributed by atoms with Gasteiger partial charge in [0, 0.05) is 6.54 Å². The van der Waals surface area contributed by atoms with Crippen molar-refractivity contribution in [2.45, 2.75) is 19.3 Å². The quantitative estimate of drug-likeness (QED) is 0.822. The summed E-state index contributed by atoms with van der Waals surface area (Å²) in [6, 6.07) is 3.69. The third-order valence-electron chi connectivity index (χ3n) is 3.82. The molecule has 0 bridgehead atoms. The number of hydrogen-bond donors (Lipinski definition) is 2. The van der Waals surface area contributed by atoms with E-state index >= 15 is 0 Å². The number of halogens is 1. The van der Waals surface area contributed by atoms with Crippen molar-refractivity contribution in [2.75, 3.05) is 19.0 Å². The van der Waals surface area contributed by atoms with Crippen LogP contribution in [0.4, 0.5) is 10.1 Å². The van der Waals surface area contributed by atoms with Crippen LogP contribution in [-0.4, -0.2) is 25.5 Å². The minimum Gasteiger partial charge on any atom is -0.465 e. The smallest absolute Gasteiger partial charge is 0.337 e. The number of rotatable bonds is 4. The van der Waals surface area contributed by atoms with E-state index in [0.29, 0.717) is 12.8 Å². The van der Waals surface area contributed by atoms with Crippen molar-refractivity contribution in [2.24, 2.45) is 11.1 Å². The zero-order chi connectivity index (χ0) is 14.8. The van der Waals surface area contributed by atoms with E-state index in [1.165, 1.54) is 19.2 Å². The maximum absolute atomic E-state index is 13.7. The molecule has 0 unspecified atom stereocenters. The number of benzene rings is 1. The van der Waals surface area contributed by atoms with Crippen LogP contribution in [-0.2, 0) is 9.53 Å². The fraction of sp³-hybridized carbons (Fsp3) is 0.429. The summed E-state index contributed by atoms with van der Waals surface area (Å²) in [4.78, 5) is 23.6. The highest BCUT2D eigenvalue weighted by molar-refractivity contribution is 5.98. The molecule has 6 heteroatoms. The Kier molecular flexibility index (Phi) is 4.04. The number of carbonyl (C=O) groups is 2. The van der Waals surface area contributed by atoms with Crippen molar-refractivity contribution in [3.63, 3.8) is 0 Å². The molecule has 0 aromatic heterocycles. The monoisotopic (exact) mass is 280 g/mol. The van der Waals surface area contributed by atoms with Crippen molar-refractivity contribution in [1.82, 2.24) is 0 Å². The van der Waals surface area contributed by atoms with Gasteiger partial charge in [0.1, 0.15) is 5.82 Å². The molecular formula is C14H17FN2O3. The highest BCUT2D eigenvalue weighted by Gasteiger charge is 2.43. The van der Waals surface area contributed by atoms with Crippen LogP contribution in [0.2, 0.25) is 0 Å². The van der Waals surface area contributed by atoms with Gasteiger partial charge in [0.25, 0.3) is 0 Å². The fourth-order valence-electron chi connectivity index (χ4n) is 2.25. The lowest BCUT2D eigenvalue weighted by molar-refractivity contribution is -0.129. The average molecular weight is 280 g/mol. The molecule has 1 aliphatic carbocycles. The lowest BCUT2D eigenvalue weighted by atomic mass is 9.68. The molecule has 108 valence electrons. The molecule has 1 amide bonds. The van der Waals surface area contributed by atoms with E-state index in [2.05, 4.69) is 10.1 Å². The standard InChI is InChI=1S/C14H17FN2O3/c1-20-12(18)9-3-4-10(15)11(7-9)17-13(19)14(8-16)5-2-6-14/h3-4,7H,2,5-6,8,16H2,1H3,(H,17,19). The molecule has 1 aromatic carbocycles. The lowest BCUT2D eigenvalue weighted by Gasteiger charge is -2.39. The van der Waals surface area contributed by atoms with E-state index in [-0.39, 0.29) is 23.7 Å². The van der Waals surface area contributed by atoms with Gasteiger partial charge in [0.2, 0.25) is 5.91 Å². The average Bonchev–Trinajstić information content (AvgIpc) is 2.39. The van der Waals surface area contributed by atoms with E-state index in [9.17, 15) is 14.0 Å². The minimum atomic E-state index is -0.603. The van der Waals surface area contributed by atoms with Crippen molar-refractivity contribution in [3.05, 3.63) is 29.6 Å². The minimum absolute atomic E-state index is 0.0300. The van der Waals surface area contributed by atoms with E-state index in [0.717, 1.165) is 12.5 Å². The van der Waals surface area contributed by atoms with E-state index in [4.69, 9.17) is 5.73 Å². The van der Waals surface area contributed by atoms with Gasteiger partial charge in [-0.3, -0.25) is 4.79 Å². The van der Waals surface area contributed by atoms with Crippen LogP contribution in [0, 0.1) is 11.2 Å². The Morgan fingerprint density at radius 3 is 2.65 bits per heavy atom. The summed E-state index contributed by atoms with van der Waals surface area (Å²) in [5, 5.41) is 2.52. The summed E-state index contributed by atoms with van der Waals surface area (Å²) < 4.78 is 18.3. The first-order valence-corrected chi connectivity index (χ1v) is 6.42. The molecule has 1 aliphatic rings. The number of nitrogens with one attached hydrogen (secondary N) is 1. The van der Waals surface area contributed by atoms with Gasteiger partial charge >= 0.3 is 5.97 Å². The van der Waals surface area contributed by atoms with Gasteiger partial charge in [-0.2, -0.15) is 0 Å². The molecule has 0 saturated heterocycles. The van der Waals surface area contributed by atoms with Gasteiger partial charge in [-0.1, -0.05) is 6.42 Å². The second kappa shape index (κ2) is 5.58. The second-order valence-corrected chi connectivity index (χ2v) is 4.98. The molecule has 0 atom stereocenters. The third-order valence-corrected chi connectivity index (χ3v) is 3.82. The Balaban J connectivity index is 2.20. The number of amides is 1. The highest BCUT2D eigenvalue weighted by atomic mass is 19.1. The summed E-state index contributed by atoms with van der Waals surface area (Å²) in [5.74, 6) is -1.48. The van der Waals surface area contributed by atoms with Crippen molar-refractivity contribution >= 4 is 17.6 Å². The first kappa shape index (κ1) is 14.5. The Morgan fingerprint density at radius 2 is 2.15 bits per heavy atom. The summed E-state index contributed by atoms with van der Waals surface area (Å²) in [6.07, 6.45) is 2.34. The van der Waals surface area contributed by atoms with Crippen molar-refractivity contribution in [1.29, 1.82) is 0 Å². The highest BCUT2D eigenvalue weighted by Crippen LogP contribution is 2.41. The van der Waals surface area contributed by atoms with Crippen LogP contribution in [0.5, 0.6) is 0 Å². The number of methoxy groups -OCH3 is 1. The molecule has 1 fully saturated rings.